The molecule has 84 valence electrons. The number of thiazole rings is 1. The van der Waals surface area contributed by atoms with Gasteiger partial charge in [0.2, 0.25) is 0 Å². The molecular weight excluding hydrogens is 204 g/mol. The van der Waals surface area contributed by atoms with Crippen molar-refractivity contribution in [2.75, 3.05) is 7.05 Å². The maximum absolute atomic E-state index is 4.72. The van der Waals surface area contributed by atoms with Gasteiger partial charge in [0.1, 0.15) is 0 Å². The molecule has 0 spiro atoms. The number of aromatic nitrogens is 1. The zero-order valence-corrected chi connectivity index (χ0v) is 10.7. The first-order chi connectivity index (χ1) is 7.20. The van der Waals surface area contributed by atoms with E-state index in [9.17, 15) is 0 Å². The van der Waals surface area contributed by atoms with Gasteiger partial charge in [-0.25, -0.2) is 4.98 Å². The van der Waals surface area contributed by atoms with Crippen molar-refractivity contribution in [3.05, 3.63) is 15.6 Å². The highest BCUT2D eigenvalue weighted by molar-refractivity contribution is 7.11. The van der Waals surface area contributed by atoms with Gasteiger partial charge in [-0.05, 0) is 32.7 Å². The average molecular weight is 224 g/mol. The molecule has 1 aliphatic carbocycles. The molecule has 2 rings (SSSR count). The van der Waals surface area contributed by atoms with E-state index >= 15 is 0 Å². The summed E-state index contributed by atoms with van der Waals surface area (Å²) in [7, 11) is 2.00. The molecule has 1 heterocycles. The van der Waals surface area contributed by atoms with Gasteiger partial charge in [-0.2, -0.15) is 0 Å². The highest BCUT2D eigenvalue weighted by atomic mass is 32.1. The molecule has 0 radical (unpaired) electrons. The van der Waals surface area contributed by atoms with E-state index in [0.717, 1.165) is 18.4 Å². The second kappa shape index (κ2) is 4.62. The van der Waals surface area contributed by atoms with Crippen molar-refractivity contribution < 1.29 is 0 Å². The van der Waals surface area contributed by atoms with E-state index in [1.807, 2.05) is 18.4 Å². The Morgan fingerprint density at radius 1 is 1.47 bits per heavy atom. The van der Waals surface area contributed by atoms with Gasteiger partial charge in [-0.3, -0.25) is 0 Å². The van der Waals surface area contributed by atoms with E-state index in [0.29, 0.717) is 0 Å². The second-order valence-corrected chi connectivity index (χ2v) is 5.82. The summed E-state index contributed by atoms with van der Waals surface area (Å²) >= 11 is 1.91. The van der Waals surface area contributed by atoms with Gasteiger partial charge in [-0.1, -0.05) is 13.3 Å². The van der Waals surface area contributed by atoms with Crippen LogP contribution >= 0.6 is 11.3 Å². The number of rotatable bonds is 3. The lowest BCUT2D eigenvalue weighted by molar-refractivity contribution is 0.595. The second-order valence-electron chi connectivity index (χ2n) is 4.71. The lowest BCUT2D eigenvalue weighted by Gasteiger charge is -2.03. The number of hydrogen-bond acceptors (Lipinski definition) is 3. The van der Waals surface area contributed by atoms with Crippen molar-refractivity contribution in [2.24, 2.45) is 5.92 Å². The van der Waals surface area contributed by atoms with Crippen LogP contribution in [-0.2, 0) is 6.54 Å². The normalized spacial score (nSPS) is 26.1. The van der Waals surface area contributed by atoms with Crippen LogP contribution in [0.15, 0.2) is 0 Å². The molecule has 1 aromatic rings. The molecule has 2 nitrogen and oxygen atoms in total. The molecule has 1 aliphatic rings. The van der Waals surface area contributed by atoms with Gasteiger partial charge in [-0.15, -0.1) is 11.3 Å². The fourth-order valence-corrected chi connectivity index (χ4v) is 3.61. The molecule has 0 amide bonds. The molecule has 0 aromatic carbocycles. The molecule has 0 aliphatic heterocycles. The van der Waals surface area contributed by atoms with Crippen LogP contribution in [0, 0.1) is 12.8 Å². The predicted molar refractivity (Wildman–Crippen MR) is 65.4 cm³/mol. The van der Waals surface area contributed by atoms with Gasteiger partial charge in [0, 0.05) is 17.3 Å². The van der Waals surface area contributed by atoms with E-state index in [1.165, 1.54) is 34.8 Å². The summed E-state index contributed by atoms with van der Waals surface area (Å²) in [6.45, 7) is 5.45. The van der Waals surface area contributed by atoms with Crippen LogP contribution in [0.25, 0.3) is 0 Å². The third-order valence-electron chi connectivity index (χ3n) is 3.29. The fraction of sp³-hybridized carbons (Fsp3) is 0.750. The molecule has 2 atom stereocenters. The molecule has 1 N–H and O–H groups in total. The third kappa shape index (κ3) is 2.40. The summed E-state index contributed by atoms with van der Waals surface area (Å²) in [5.74, 6) is 1.64. The fourth-order valence-electron chi connectivity index (χ4n) is 2.38. The summed E-state index contributed by atoms with van der Waals surface area (Å²) < 4.78 is 0. The minimum Gasteiger partial charge on any atom is -0.315 e. The summed E-state index contributed by atoms with van der Waals surface area (Å²) in [6.07, 6.45) is 4.06. The number of nitrogens with one attached hydrogen (secondary N) is 1. The summed E-state index contributed by atoms with van der Waals surface area (Å²) in [4.78, 5) is 6.13. The Hall–Kier alpha value is -0.410. The topological polar surface area (TPSA) is 24.9 Å². The Morgan fingerprint density at radius 3 is 2.87 bits per heavy atom. The molecule has 1 saturated carbocycles. The van der Waals surface area contributed by atoms with E-state index in [1.54, 1.807) is 0 Å². The Labute approximate surface area is 96.1 Å². The zero-order chi connectivity index (χ0) is 10.8. The standard InChI is InChI=1S/C12H20N2S/c1-8-4-5-10(6-8)12-14-9(2)11(15-12)7-13-3/h8,10,13H,4-7H2,1-3H3. The SMILES string of the molecule is CNCc1sc(C2CCC(C)C2)nc1C. The van der Waals surface area contributed by atoms with E-state index in [-0.39, 0.29) is 0 Å². The molecule has 0 bridgehead atoms. The summed E-state index contributed by atoms with van der Waals surface area (Å²) in [6, 6.07) is 0. The van der Waals surface area contributed by atoms with Gasteiger partial charge in [0.25, 0.3) is 0 Å². The van der Waals surface area contributed by atoms with Crippen LogP contribution < -0.4 is 5.32 Å². The zero-order valence-electron chi connectivity index (χ0n) is 9.84. The van der Waals surface area contributed by atoms with Crippen LogP contribution in [0.5, 0.6) is 0 Å². The first kappa shape index (κ1) is 11.1. The van der Waals surface area contributed by atoms with Crippen molar-refractivity contribution in [1.82, 2.24) is 10.3 Å². The molecule has 15 heavy (non-hydrogen) atoms. The highest BCUT2D eigenvalue weighted by Crippen LogP contribution is 2.40. The molecule has 2 unspecified atom stereocenters. The van der Waals surface area contributed by atoms with Crippen LogP contribution in [0.1, 0.15) is 47.7 Å². The minimum atomic E-state index is 0.745. The van der Waals surface area contributed by atoms with Crippen LogP contribution in [0.2, 0.25) is 0 Å². The van der Waals surface area contributed by atoms with E-state index in [2.05, 4.69) is 19.2 Å². The quantitative estimate of drug-likeness (QED) is 0.853. The molecule has 3 heteroatoms. The summed E-state index contributed by atoms with van der Waals surface area (Å²) in [5, 5.41) is 4.58. The van der Waals surface area contributed by atoms with Crippen molar-refractivity contribution in [1.29, 1.82) is 0 Å². The monoisotopic (exact) mass is 224 g/mol. The van der Waals surface area contributed by atoms with Gasteiger partial charge in [0.15, 0.2) is 0 Å². The van der Waals surface area contributed by atoms with Crippen molar-refractivity contribution >= 4 is 11.3 Å². The maximum Gasteiger partial charge on any atom is 0.0962 e. The lowest BCUT2D eigenvalue weighted by Crippen LogP contribution is -2.04. The van der Waals surface area contributed by atoms with Gasteiger partial charge >= 0.3 is 0 Å². The van der Waals surface area contributed by atoms with Crippen molar-refractivity contribution in [3.8, 4) is 0 Å². The van der Waals surface area contributed by atoms with Gasteiger partial charge in [0.05, 0.1) is 10.7 Å². The molecule has 0 saturated heterocycles. The average Bonchev–Trinajstić information content (AvgIpc) is 2.75. The van der Waals surface area contributed by atoms with Crippen LogP contribution in [0.4, 0.5) is 0 Å². The number of aryl methyl sites for hydroxylation is 1. The number of nitrogens with zero attached hydrogens (tertiary/aromatic N) is 1. The minimum absolute atomic E-state index is 0.745. The largest absolute Gasteiger partial charge is 0.315 e. The van der Waals surface area contributed by atoms with E-state index < -0.39 is 0 Å². The first-order valence-electron chi connectivity index (χ1n) is 5.81. The summed E-state index contributed by atoms with van der Waals surface area (Å²) in [5.41, 5.74) is 1.23. The maximum atomic E-state index is 4.72. The van der Waals surface area contributed by atoms with E-state index in [4.69, 9.17) is 4.98 Å². The Kier molecular flexibility index (Phi) is 3.42. The smallest absolute Gasteiger partial charge is 0.0962 e. The molecular formula is C12H20N2S. The Morgan fingerprint density at radius 2 is 2.27 bits per heavy atom. The highest BCUT2D eigenvalue weighted by Gasteiger charge is 2.25. The number of hydrogen-bond donors (Lipinski definition) is 1. The van der Waals surface area contributed by atoms with Crippen LogP contribution in [-0.4, -0.2) is 12.0 Å². The van der Waals surface area contributed by atoms with Crippen LogP contribution in [0.3, 0.4) is 0 Å². The predicted octanol–water partition coefficient (Wildman–Crippen LogP) is 3.07. The molecule has 1 fully saturated rings. The third-order valence-corrected chi connectivity index (χ3v) is 4.61. The Balaban J connectivity index is 2.12. The first-order valence-corrected chi connectivity index (χ1v) is 6.63. The van der Waals surface area contributed by atoms with Crippen molar-refractivity contribution in [3.63, 3.8) is 0 Å². The van der Waals surface area contributed by atoms with Crippen molar-refractivity contribution in [2.45, 2.75) is 45.6 Å². The van der Waals surface area contributed by atoms with Gasteiger partial charge < -0.3 is 5.32 Å². The Bertz CT molecular complexity index is 332. The lowest BCUT2D eigenvalue weighted by atomic mass is 10.1. The molecule has 1 aromatic heterocycles.